The molecule has 1 aromatic carbocycles. The molecule has 0 aliphatic carbocycles. The molecule has 0 bridgehead atoms. The second-order valence-electron chi connectivity index (χ2n) is 5.66. The highest BCUT2D eigenvalue weighted by Crippen LogP contribution is 2.27. The van der Waals surface area contributed by atoms with Gasteiger partial charge < -0.3 is 15.2 Å². The van der Waals surface area contributed by atoms with Crippen LogP contribution in [0.15, 0.2) is 23.1 Å². The maximum atomic E-state index is 12.8. The van der Waals surface area contributed by atoms with Crippen molar-refractivity contribution in [3.05, 3.63) is 23.8 Å². The molecule has 1 aromatic rings. The van der Waals surface area contributed by atoms with Gasteiger partial charge in [-0.1, -0.05) is 0 Å². The zero-order valence-corrected chi connectivity index (χ0v) is 15.0. The number of esters is 1. The van der Waals surface area contributed by atoms with E-state index in [4.69, 9.17) is 15.2 Å². The first-order chi connectivity index (χ1) is 11.8. The molecular formula is C16H22N2O6S. The van der Waals surface area contributed by atoms with Crippen LogP contribution in [0.1, 0.15) is 30.1 Å². The van der Waals surface area contributed by atoms with Gasteiger partial charge in [-0.15, -0.1) is 0 Å². The molecule has 1 aliphatic heterocycles. The Hall–Kier alpha value is -2.13. The highest BCUT2D eigenvalue weighted by molar-refractivity contribution is 7.89. The number of benzene rings is 1. The van der Waals surface area contributed by atoms with Gasteiger partial charge in [-0.3, -0.25) is 9.59 Å². The van der Waals surface area contributed by atoms with Crippen LogP contribution in [0.5, 0.6) is 5.75 Å². The predicted octanol–water partition coefficient (Wildman–Crippen LogP) is 0.758. The number of ether oxygens (including phenoxy) is 2. The van der Waals surface area contributed by atoms with E-state index in [1.54, 1.807) is 6.92 Å². The van der Waals surface area contributed by atoms with Crippen LogP contribution in [-0.2, 0) is 19.6 Å². The number of primary amides is 1. The van der Waals surface area contributed by atoms with E-state index in [0.717, 1.165) is 0 Å². The molecule has 0 saturated carbocycles. The highest BCUT2D eigenvalue weighted by Gasteiger charge is 2.33. The molecular weight excluding hydrogens is 348 g/mol. The first-order valence-electron chi connectivity index (χ1n) is 7.95. The van der Waals surface area contributed by atoms with E-state index in [1.165, 1.54) is 29.6 Å². The third-order valence-electron chi connectivity index (χ3n) is 4.15. The van der Waals surface area contributed by atoms with E-state index in [2.05, 4.69) is 0 Å². The summed E-state index contributed by atoms with van der Waals surface area (Å²) in [5.74, 6) is -1.13. The first-order valence-corrected chi connectivity index (χ1v) is 9.39. The van der Waals surface area contributed by atoms with Crippen LogP contribution in [0.25, 0.3) is 0 Å². The van der Waals surface area contributed by atoms with Crippen LogP contribution in [0, 0.1) is 5.92 Å². The lowest BCUT2D eigenvalue weighted by Gasteiger charge is -2.30. The molecule has 0 aromatic heterocycles. The van der Waals surface area contributed by atoms with Crippen molar-refractivity contribution in [3.8, 4) is 5.75 Å². The van der Waals surface area contributed by atoms with Crippen molar-refractivity contribution in [1.29, 1.82) is 0 Å². The van der Waals surface area contributed by atoms with Crippen molar-refractivity contribution in [1.82, 2.24) is 4.31 Å². The summed E-state index contributed by atoms with van der Waals surface area (Å²) in [6.07, 6.45) is 0.799. The number of sulfonamides is 1. The molecule has 1 heterocycles. The van der Waals surface area contributed by atoms with Gasteiger partial charge in [0.15, 0.2) is 0 Å². The summed E-state index contributed by atoms with van der Waals surface area (Å²) in [6, 6.07) is 3.99. The van der Waals surface area contributed by atoms with Gasteiger partial charge in [0.1, 0.15) is 5.75 Å². The zero-order valence-electron chi connectivity index (χ0n) is 14.2. The molecule has 0 atom stereocenters. The molecule has 1 saturated heterocycles. The third kappa shape index (κ3) is 4.10. The number of rotatable bonds is 6. The average molecular weight is 370 g/mol. The lowest BCUT2D eigenvalue weighted by molar-refractivity contribution is -0.149. The fourth-order valence-electron chi connectivity index (χ4n) is 2.78. The number of hydrogen-bond donors (Lipinski definition) is 1. The largest absolute Gasteiger partial charge is 0.496 e. The maximum Gasteiger partial charge on any atom is 0.309 e. The number of nitrogens with two attached hydrogens (primary N) is 1. The lowest BCUT2D eigenvalue weighted by Crippen LogP contribution is -2.40. The number of nitrogens with zero attached hydrogens (tertiary/aromatic N) is 1. The van der Waals surface area contributed by atoms with Crippen molar-refractivity contribution in [2.75, 3.05) is 26.8 Å². The molecule has 25 heavy (non-hydrogen) atoms. The van der Waals surface area contributed by atoms with Crippen molar-refractivity contribution < 1.29 is 27.5 Å². The number of carbonyl (C=O) groups is 2. The number of hydrogen-bond acceptors (Lipinski definition) is 6. The first kappa shape index (κ1) is 19.2. The Kier molecular flexibility index (Phi) is 6.02. The van der Waals surface area contributed by atoms with Crippen LogP contribution in [0.3, 0.4) is 0 Å². The summed E-state index contributed by atoms with van der Waals surface area (Å²) < 4.78 is 36.9. The maximum absolute atomic E-state index is 12.8. The predicted molar refractivity (Wildman–Crippen MR) is 89.6 cm³/mol. The third-order valence-corrected chi connectivity index (χ3v) is 6.04. The molecule has 9 heteroatoms. The van der Waals surface area contributed by atoms with Crippen LogP contribution >= 0.6 is 0 Å². The van der Waals surface area contributed by atoms with E-state index in [9.17, 15) is 18.0 Å². The summed E-state index contributed by atoms with van der Waals surface area (Å²) >= 11 is 0. The standard InChI is InChI=1S/C16H22N2O6S/c1-3-24-16(20)11-6-8-18(9-7-11)25(21,22)12-4-5-14(23-2)13(10-12)15(17)19/h4-5,10-11H,3,6-9H2,1-2H3,(H2,17,19). The minimum absolute atomic E-state index is 0.00462. The summed E-state index contributed by atoms with van der Waals surface area (Å²) in [4.78, 5) is 23.2. The van der Waals surface area contributed by atoms with Crippen molar-refractivity contribution in [2.45, 2.75) is 24.7 Å². The van der Waals surface area contributed by atoms with Crippen LogP contribution < -0.4 is 10.5 Å². The Bertz CT molecular complexity index is 754. The van der Waals surface area contributed by atoms with Gasteiger partial charge in [-0.05, 0) is 38.0 Å². The molecule has 138 valence electrons. The Balaban J connectivity index is 2.19. The quantitative estimate of drug-likeness (QED) is 0.739. The Morgan fingerprint density at radius 1 is 1.28 bits per heavy atom. The SMILES string of the molecule is CCOC(=O)C1CCN(S(=O)(=O)c2ccc(OC)c(C(N)=O)c2)CC1. The van der Waals surface area contributed by atoms with E-state index in [-0.39, 0.29) is 41.2 Å². The number of carbonyl (C=O) groups excluding carboxylic acids is 2. The van der Waals surface area contributed by atoms with E-state index >= 15 is 0 Å². The van der Waals surface area contributed by atoms with Gasteiger partial charge in [-0.25, -0.2) is 8.42 Å². The molecule has 0 spiro atoms. The molecule has 1 aliphatic rings. The molecule has 0 radical (unpaired) electrons. The molecule has 0 unspecified atom stereocenters. The van der Waals surface area contributed by atoms with Crippen LogP contribution in [0.2, 0.25) is 0 Å². The zero-order chi connectivity index (χ0) is 18.6. The Morgan fingerprint density at radius 3 is 2.44 bits per heavy atom. The lowest BCUT2D eigenvalue weighted by atomic mass is 9.98. The van der Waals surface area contributed by atoms with E-state index in [1.807, 2.05) is 0 Å². The highest BCUT2D eigenvalue weighted by atomic mass is 32.2. The molecule has 1 amide bonds. The normalized spacial score (nSPS) is 16.4. The minimum Gasteiger partial charge on any atom is -0.496 e. The molecule has 8 nitrogen and oxygen atoms in total. The topological polar surface area (TPSA) is 116 Å². The summed E-state index contributed by atoms with van der Waals surface area (Å²) in [6.45, 7) is 2.46. The summed E-state index contributed by atoms with van der Waals surface area (Å²) in [5.41, 5.74) is 5.29. The van der Waals surface area contributed by atoms with Gasteiger partial charge in [0.2, 0.25) is 10.0 Å². The van der Waals surface area contributed by atoms with Crippen molar-refractivity contribution in [3.63, 3.8) is 0 Å². The van der Waals surface area contributed by atoms with E-state index < -0.39 is 15.9 Å². The fraction of sp³-hybridized carbons (Fsp3) is 0.500. The second kappa shape index (κ2) is 7.83. The summed E-state index contributed by atoms with van der Waals surface area (Å²) in [5, 5.41) is 0. The Morgan fingerprint density at radius 2 is 1.92 bits per heavy atom. The molecule has 1 fully saturated rings. The molecule has 2 N–H and O–H groups in total. The van der Waals surface area contributed by atoms with Gasteiger partial charge in [0, 0.05) is 13.1 Å². The number of methoxy groups -OCH3 is 1. The van der Waals surface area contributed by atoms with Gasteiger partial charge in [0.05, 0.1) is 30.1 Å². The smallest absolute Gasteiger partial charge is 0.309 e. The van der Waals surface area contributed by atoms with Gasteiger partial charge >= 0.3 is 5.97 Å². The van der Waals surface area contributed by atoms with Crippen molar-refractivity contribution in [2.24, 2.45) is 11.7 Å². The van der Waals surface area contributed by atoms with Gasteiger partial charge in [0.25, 0.3) is 5.91 Å². The number of amides is 1. The number of piperidine rings is 1. The average Bonchev–Trinajstić information content (AvgIpc) is 2.61. The second-order valence-corrected chi connectivity index (χ2v) is 7.59. The monoisotopic (exact) mass is 370 g/mol. The molecule has 2 rings (SSSR count). The van der Waals surface area contributed by atoms with Crippen LogP contribution in [0.4, 0.5) is 0 Å². The Labute approximate surface area is 146 Å². The summed E-state index contributed by atoms with van der Waals surface area (Å²) in [7, 11) is -2.42. The fourth-order valence-corrected chi connectivity index (χ4v) is 4.28. The van der Waals surface area contributed by atoms with E-state index in [0.29, 0.717) is 19.4 Å². The minimum atomic E-state index is -3.79. The van der Waals surface area contributed by atoms with Crippen molar-refractivity contribution >= 4 is 21.9 Å². The van der Waals surface area contributed by atoms with Crippen LogP contribution in [-0.4, -0.2) is 51.4 Å². The van der Waals surface area contributed by atoms with Gasteiger partial charge in [-0.2, -0.15) is 4.31 Å².